The first kappa shape index (κ1) is 21.6. The van der Waals surface area contributed by atoms with Gasteiger partial charge in [0.2, 0.25) is 11.0 Å². The van der Waals surface area contributed by atoms with Crippen molar-refractivity contribution >= 4 is 39.1 Å². The van der Waals surface area contributed by atoms with Crippen molar-refractivity contribution in [2.75, 3.05) is 38.0 Å². The van der Waals surface area contributed by atoms with E-state index in [1.165, 1.54) is 33.2 Å². The van der Waals surface area contributed by atoms with Crippen LogP contribution < -0.4 is 14.4 Å². The molecule has 2 aromatic heterocycles. The SMILES string of the molecule is CN(C)c1ccc2cc3ccc(N(C)C)cc3[n+](CCCCn3cnc(C(=O)O)c3)c2c1. The summed E-state index contributed by atoms with van der Waals surface area (Å²) in [4.78, 5) is 19.2. The van der Waals surface area contributed by atoms with E-state index in [4.69, 9.17) is 5.11 Å². The number of benzene rings is 2. The molecule has 0 radical (unpaired) electrons. The molecule has 166 valence electrons. The number of anilines is 2. The van der Waals surface area contributed by atoms with Crippen molar-refractivity contribution in [2.24, 2.45) is 0 Å². The molecule has 0 unspecified atom stereocenters. The molecule has 7 nitrogen and oxygen atoms in total. The highest BCUT2D eigenvalue weighted by Gasteiger charge is 2.17. The highest BCUT2D eigenvalue weighted by Crippen LogP contribution is 2.25. The number of nitrogens with zero attached hydrogens (tertiary/aromatic N) is 5. The molecule has 0 atom stereocenters. The summed E-state index contributed by atoms with van der Waals surface area (Å²) < 4.78 is 4.27. The molecule has 2 aromatic carbocycles. The van der Waals surface area contributed by atoms with Gasteiger partial charge in [-0.05, 0) is 36.8 Å². The lowest BCUT2D eigenvalue weighted by Crippen LogP contribution is -2.36. The number of unbranched alkanes of at least 4 members (excludes halogenated alkanes) is 1. The predicted octanol–water partition coefficient (Wildman–Crippen LogP) is 3.79. The van der Waals surface area contributed by atoms with Gasteiger partial charge < -0.3 is 19.5 Å². The maximum absolute atomic E-state index is 11.0. The summed E-state index contributed by atoms with van der Waals surface area (Å²) in [5.74, 6) is -0.991. The predicted molar refractivity (Wildman–Crippen MR) is 129 cm³/mol. The molecule has 32 heavy (non-hydrogen) atoms. The fraction of sp³-hybridized carbons (Fsp3) is 0.320. The molecule has 0 fully saturated rings. The Bertz CT molecular complexity index is 1210. The Labute approximate surface area is 188 Å². The summed E-state index contributed by atoms with van der Waals surface area (Å²) in [6.45, 7) is 1.62. The average molecular weight is 433 g/mol. The minimum absolute atomic E-state index is 0.0897. The van der Waals surface area contributed by atoms with E-state index in [1.54, 1.807) is 12.5 Å². The highest BCUT2D eigenvalue weighted by atomic mass is 16.4. The van der Waals surface area contributed by atoms with Crippen molar-refractivity contribution < 1.29 is 14.5 Å². The number of rotatable bonds is 8. The first-order valence-electron chi connectivity index (χ1n) is 10.8. The minimum atomic E-state index is -0.991. The monoisotopic (exact) mass is 432 g/mol. The van der Waals surface area contributed by atoms with Gasteiger partial charge >= 0.3 is 5.97 Å². The molecule has 0 aliphatic carbocycles. The fourth-order valence-electron chi connectivity index (χ4n) is 4.03. The fourth-order valence-corrected chi connectivity index (χ4v) is 4.03. The van der Waals surface area contributed by atoms with Crippen molar-refractivity contribution in [2.45, 2.75) is 25.9 Å². The van der Waals surface area contributed by atoms with Crippen LogP contribution in [0.5, 0.6) is 0 Å². The maximum Gasteiger partial charge on any atom is 0.356 e. The number of hydrogen-bond acceptors (Lipinski definition) is 4. The Morgan fingerprint density at radius 3 is 2.03 bits per heavy atom. The molecule has 1 N–H and O–H groups in total. The lowest BCUT2D eigenvalue weighted by Gasteiger charge is -2.15. The van der Waals surface area contributed by atoms with Crippen molar-refractivity contribution in [3.63, 3.8) is 0 Å². The van der Waals surface area contributed by atoms with E-state index in [9.17, 15) is 4.79 Å². The van der Waals surface area contributed by atoms with E-state index < -0.39 is 5.97 Å². The third-order valence-electron chi connectivity index (χ3n) is 5.85. The molecule has 0 amide bonds. The molecule has 4 aromatic rings. The second kappa shape index (κ2) is 8.86. The number of imidazole rings is 1. The van der Waals surface area contributed by atoms with Gasteiger partial charge in [0.05, 0.1) is 6.33 Å². The highest BCUT2D eigenvalue weighted by molar-refractivity contribution is 5.91. The Morgan fingerprint density at radius 2 is 1.53 bits per heavy atom. The zero-order chi connectivity index (χ0) is 22.8. The van der Waals surface area contributed by atoms with E-state index in [2.05, 4.69) is 90.0 Å². The first-order valence-corrected chi connectivity index (χ1v) is 10.8. The summed E-state index contributed by atoms with van der Waals surface area (Å²) >= 11 is 0. The third-order valence-corrected chi connectivity index (χ3v) is 5.85. The number of pyridine rings is 1. The number of hydrogen-bond donors (Lipinski definition) is 1. The standard InChI is InChI=1S/C25H29N5O2/c1-27(2)20-9-7-18-13-19-8-10-21(28(3)4)15-24(19)30(23(18)14-20)12-6-5-11-29-16-22(25(31)32)26-17-29/h7-10,13-17H,5-6,11-12H2,1-4H3/p+1. The lowest BCUT2D eigenvalue weighted by atomic mass is 10.1. The van der Waals surface area contributed by atoms with Crippen LogP contribution in [0.1, 0.15) is 23.3 Å². The maximum atomic E-state index is 11.0. The first-order chi connectivity index (χ1) is 15.3. The summed E-state index contributed by atoms with van der Waals surface area (Å²) in [5, 5.41) is 11.5. The van der Waals surface area contributed by atoms with Gasteiger partial charge in [-0.15, -0.1) is 0 Å². The Morgan fingerprint density at radius 1 is 0.938 bits per heavy atom. The molecule has 4 rings (SSSR count). The number of aromatic carboxylic acids is 1. The second-order valence-corrected chi connectivity index (χ2v) is 8.58. The molecular weight excluding hydrogens is 402 g/mol. The van der Waals surface area contributed by atoms with Crippen LogP contribution >= 0.6 is 0 Å². The zero-order valence-electron chi connectivity index (χ0n) is 19.1. The van der Waals surface area contributed by atoms with Crippen molar-refractivity contribution in [3.8, 4) is 0 Å². The van der Waals surface area contributed by atoms with Gasteiger partial charge in [-0.3, -0.25) is 0 Å². The van der Waals surface area contributed by atoms with Crippen LogP contribution in [0, 0.1) is 0 Å². The zero-order valence-corrected chi connectivity index (χ0v) is 19.1. The molecule has 0 bridgehead atoms. The molecule has 2 heterocycles. The number of carbonyl (C=O) groups is 1. The third kappa shape index (κ3) is 4.37. The lowest BCUT2D eigenvalue weighted by molar-refractivity contribution is -0.645. The van der Waals surface area contributed by atoms with Crippen molar-refractivity contribution in [1.82, 2.24) is 9.55 Å². The molecule has 0 saturated carbocycles. The smallest absolute Gasteiger partial charge is 0.356 e. The average Bonchev–Trinajstić information content (AvgIpc) is 3.24. The summed E-state index contributed by atoms with van der Waals surface area (Å²) in [5.41, 5.74) is 4.88. The Hall–Kier alpha value is -3.61. The van der Waals surface area contributed by atoms with E-state index >= 15 is 0 Å². The number of aryl methyl sites for hydroxylation is 2. The molecule has 0 saturated heterocycles. The van der Waals surface area contributed by atoms with Crippen LogP contribution in [0.3, 0.4) is 0 Å². The Balaban J connectivity index is 1.67. The molecule has 7 heteroatoms. The van der Waals surface area contributed by atoms with Gasteiger partial charge in [-0.25, -0.2) is 9.78 Å². The summed E-state index contributed by atoms with van der Waals surface area (Å²) in [6.07, 6.45) is 5.09. The molecule has 0 aliphatic heterocycles. The molecule has 0 spiro atoms. The normalized spacial score (nSPS) is 11.2. The van der Waals surface area contributed by atoms with Crippen LogP contribution in [-0.4, -0.2) is 48.8 Å². The van der Waals surface area contributed by atoms with Gasteiger partial charge in [-0.2, -0.15) is 4.57 Å². The number of aromatic nitrogens is 3. The van der Waals surface area contributed by atoms with Crippen LogP contribution in [-0.2, 0) is 13.1 Å². The van der Waals surface area contributed by atoms with Crippen LogP contribution in [0.2, 0.25) is 0 Å². The Kier molecular flexibility index (Phi) is 5.99. The molecular formula is C25H30N5O2+. The van der Waals surface area contributed by atoms with Crippen LogP contribution in [0.15, 0.2) is 55.0 Å². The van der Waals surface area contributed by atoms with Gasteiger partial charge in [0.15, 0.2) is 5.69 Å². The van der Waals surface area contributed by atoms with Gasteiger partial charge in [0, 0.05) is 81.6 Å². The summed E-state index contributed by atoms with van der Waals surface area (Å²) in [7, 11) is 8.25. The van der Waals surface area contributed by atoms with Gasteiger partial charge in [-0.1, -0.05) is 0 Å². The van der Waals surface area contributed by atoms with Crippen molar-refractivity contribution in [1.29, 1.82) is 0 Å². The topological polar surface area (TPSA) is 65.5 Å². The van der Waals surface area contributed by atoms with E-state index in [0.29, 0.717) is 0 Å². The quantitative estimate of drug-likeness (QED) is 0.261. The second-order valence-electron chi connectivity index (χ2n) is 8.58. The number of carboxylic acid groups (broad SMARTS) is 1. The number of carboxylic acids is 1. The minimum Gasteiger partial charge on any atom is -0.476 e. The van der Waals surface area contributed by atoms with E-state index in [0.717, 1.165) is 25.9 Å². The summed E-state index contributed by atoms with van der Waals surface area (Å²) in [6, 6.07) is 15.5. The van der Waals surface area contributed by atoms with Crippen molar-refractivity contribution in [3.05, 3.63) is 60.7 Å². The van der Waals surface area contributed by atoms with E-state index in [-0.39, 0.29) is 5.69 Å². The van der Waals surface area contributed by atoms with Gasteiger partial charge in [0.25, 0.3) is 0 Å². The molecule has 0 aliphatic rings. The van der Waals surface area contributed by atoms with Crippen LogP contribution in [0.25, 0.3) is 21.8 Å². The van der Waals surface area contributed by atoms with E-state index in [1.807, 2.05) is 4.57 Å². The largest absolute Gasteiger partial charge is 0.476 e. The van der Waals surface area contributed by atoms with Crippen LogP contribution in [0.4, 0.5) is 11.4 Å². The number of fused-ring (bicyclic) bond motifs is 2. The van der Waals surface area contributed by atoms with Gasteiger partial charge in [0.1, 0.15) is 6.54 Å².